The number of nitrogens with zero attached hydrogens (tertiary/aromatic N) is 4. The second kappa shape index (κ2) is 5.35. The minimum atomic E-state index is 0.873. The standard InChI is InChI=1S/C13H21N5/c1-10-13(11(2)18(4)15-10)9-14-7-5-12-6-8-17(3)16-12/h6,8,14H,5,7,9H2,1-4H3. The molecule has 2 aromatic rings. The molecule has 0 aliphatic heterocycles. The molecule has 0 saturated carbocycles. The predicted octanol–water partition coefficient (Wildman–Crippen LogP) is 1.10. The van der Waals surface area contributed by atoms with E-state index in [1.807, 2.05) is 29.7 Å². The summed E-state index contributed by atoms with van der Waals surface area (Å²) < 4.78 is 3.77. The molecule has 0 atom stereocenters. The first-order chi connectivity index (χ1) is 8.58. The average molecular weight is 247 g/mol. The maximum Gasteiger partial charge on any atom is 0.0641 e. The molecule has 0 radical (unpaired) electrons. The van der Waals surface area contributed by atoms with E-state index >= 15 is 0 Å². The van der Waals surface area contributed by atoms with Gasteiger partial charge in [0, 0.05) is 51.1 Å². The van der Waals surface area contributed by atoms with Gasteiger partial charge >= 0.3 is 0 Å². The van der Waals surface area contributed by atoms with Crippen molar-refractivity contribution in [3.8, 4) is 0 Å². The highest BCUT2D eigenvalue weighted by Gasteiger charge is 2.08. The molecule has 0 amide bonds. The van der Waals surface area contributed by atoms with E-state index in [9.17, 15) is 0 Å². The van der Waals surface area contributed by atoms with Crippen molar-refractivity contribution in [1.82, 2.24) is 24.9 Å². The van der Waals surface area contributed by atoms with Crippen LogP contribution in [0.1, 0.15) is 22.6 Å². The van der Waals surface area contributed by atoms with Crippen molar-refractivity contribution in [3.63, 3.8) is 0 Å². The van der Waals surface area contributed by atoms with Gasteiger partial charge in [-0.3, -0.25) is 9.36 Å². The molecule has 0 aromatic carbocycles. The largest absolute Gasteiger partial charge is 0.312 e. The number of nitrogens with one attached hydrogen (secondary N) is 1. The van der Waals surface area contributed by atoms with Gasteiger partial charge in [0.05, 0.1) is 11.4 Å². The molecule has 1 N–H and O–H groups in total. The monoisotopic (exact) mass is 247 g/mol. The number of hydrogen-bond donors (Lipinski definition) is 1. The Morgan fingerprint density at radius 1 is 1.22 bits per heavy atom. The number of rotatable bonds is 5. The normalized spacial score (nSPS) is 11.1. The zero-order valence-corrected chi connectivity index (χ0v) is 11.6. The fraction of sp³-hybridized carbons (Fsp3) is 0.538. The highest BCUT2D eigenvalue weighted by molar-refractivity contribution is 5.23. The summed E-state index contributed by atoms with van der Waals surface area (Å²) in [6.07, 6.45) is 2.93. The molecule has 5 heteroatoms. The molecular formula is C13H21N5. The van der Waals surface area contributed by atoms with Crippen molar-refractivity contribution in [2.75, 3.05) is 6.54 Å². The number of hydrogen-bond acceptors (Lipinski definition) is 3. The topological polar surface area (TPSA) is 47.7 Å². The Morgan fingerprint density at radius 3 is 2.56 bits per heavy atom. The number of aromatic nitrogens is 4. The van der Waals surface area contributed by atoms with Gasteiger partial charge in [-0.1, -0.05) is 0 Å². The van der Waals surface area contributed by atoms with Crippen LogP contribution in [-0.4, -0.2) is 26.1 Å². The van der Waals surface area contributed by atoms with E-state index in [1.54, 1.807) is 0 Å². The Labute approximate surface area is 108 Å². The van der Waals surface area contributed by atoms with E-state index in [4.69, 9.17) is 0 Å². The molecular weight excluding hydrogens is 226 g/mol. The van der Waals surface area contributed by atoms with Crippen LogP contribution in [-0.2, 0) is 27.1 Å². The lowest BCUT2D eigenvalue weighted by atomic mass is 10.2. The molecule has 0 aliphatic rings. The molecule has 2 aromatic heterocycles. The lowest BCUT2D eigenvalue weighted by molar-refractivity contribution is 0.660. The van der Waals surface area contributed by atoms with Gasteiger partial charge in [0.2, 0.25) is 0 Å². The smallest absolute Gasteiger partial charge is 0.0641 e. The van der Waals surface area contributed by atoms with E-state index in [-0.39, 0.29) is 0 Å². The van der Waals surface area contributed by atoms with Crippen molar-refractivity contribution < 1.29 is 0 Å². The van der Waals surface area contributed by atoms with Crippen LogP contribution in [0, 0.1) is 13.8 Å². The van der Waals surface area contributed by atoms with E-state index in [1.165, 1.54) is 11.3 Å². The van der Waals surface area contributed by atoms with Crippen LogP contribution in [0.5, 0.6) is 0 Å². The van der Waals surface area contributed by atoms with Gasteiger partial charge in [-0.15, -0.1) is 0 Å². The van der Waals surface area contributed by atoms with Crippen LogP contribution in [0.25, 0.3) is 0 Å². The Morgan fingerprint density at radius 2 is 2.00 bits per heavy atom. The molecule has 0 fully saturated rings. The molecule has 0 aliphatic carbocycles. The summed E-state index contributed by atoms with van der Waals surface area (Å²) in [5.74, 6) is 0. The Bertz CT molecular complexity index is 523. The van der Waals surface area contributed by atoms with Crippen LogP contribution < -0.4 is 5.32 Å². The van der Waals surface area contributed by atoms with E-state index in [0.29, 0.717) is 0 Å². The summed E-state index contributed by atoms with van der Waals surface area (Å²) in [5.41, 5.74) is 4.78. The molecule has 0 spiro atoms. The quantitative estimate of drug-likeness (QED) is 0.805. The molecule has 2 rings (SSSR count). The van der Waals surface area contributed by atoms with Crippen molar-refractivity contribution >= 4 is 0 Å². The van der Waals surface area contributed by atoms with Crippen LogP contribution in [0.15, 0.2) is 12.3 Å². The maximum absolute atomic E-state index is 4.41. The molecule has 0 saturated heterocycles. The summed E-state index contributed by atoms with van der Waals surface area (Å²) in [5, 5.41) is 12.2. The molecule has 2 heterocycles. The summed E-state index contributed by atoms with van der Waals surface area (Å²) in [6.45, 7) is 5.97. The molecule has 98 valence electrons. The third-order valence-corrected chi connectivity index (χ3v) is 3.29. The third kappa shape index (κ3) is 2.79. The summed E-state index contributed by atoms with van der Waals surface area (Å²) in [6, 6.07) is 2.06. The molecule has 18 heavy (non-hydrogen) atoms. The van der Waals surface area contributed by atoms with Crippen molar-refractivity contribution in [2.45, 2.75) is 26.8 Å². The highest BCUT2D eigenvalue weighted by Crippen LogP contribution is 2.11. The van der Waals surface area contributed by atoms with Crippen molar-refractivity contribution in [3.05, 3.63) is 34.9 Å². The SMILES string of the molecule is Cc1nn(C)c(C)c1CNCCc1ccn(C)n1. The van der Waals surface area contributed by atoms with E-state index in [0.717, 1.165) is 30.9 Å². The zero-order chi connectivity index (χ0) is 13.1. The molecule has 0 unspecified atom stereocenters. The van der Waals surface area contributed by atoms with Crippen molar-refractivity contribution in [1.29, 1.82) is 0 Å². The highest BCUT2D eigenvalue weighted by atomic mass is 15.3. The summed E-state index contributed by atoms with van der Waals surface area (Å²) >= 11 is 0. The van der Waals surface area contributed by atoms with Gasteiger partial charge < -0.3 is 5.32 Å². The molecule has 0 bridgehead atoms. The van der Waals surface area contributed by atoms with Crippen LogP contribution in [0.2, 0.25) is 0 Å². The first kappa shape index (κ1) is 12.8. The van der Waals surface area contributed by atoms with Gasteiger partial charge in [0.15, 0.2) is 0 Å². The predicted molar refractivity (Wildman–Crippen MR) is 71.3 cm³/mol. The summed E-state index contributed by atoms with van der Waals surface area (Å²) in [4.78, 5) is 0. The average Bonchev–Trinajstić information content (AvgIpc) is 2.82. The Hall–Kier alpha value is -1.62. The van der Waals surface area contributed by atoms with E-state index in [2.05, 4.69) is 35.4 Å². The maximum atomic E-state index is 4.41. The van der Waals surface area contributed by atoms with Crippen LogP contribution in [0.3, 0.4) is 0 Å². The van der Waals surface area contributed by atoms with Gasteiger partial charge in [-0.05, 0) is 19.9 Å². The summed E-state index contributed by atoms with van der Waals surface area (Å²) in [7, 11) is 3.93. The van der Waals surface area contributed by atoms with Crippen LogP contribution in [0.4, 0.5) is 0 Å². The van der Waals surface area contributed by atoms with E-state index < -0.39 is 0 Å². The third-order valence-electron chi connectivity index (χ3n) is 3.29. The van der Waals surface area contributed by atoms with Gasteiger partial charge in [0.1, 0.15) is 0 Å². The lowest BCUT2D eigenvalue weighted by Crippen LogP contribution is -2.17. The first-order valence-corrected chi connectivity index (χ1v) is 6.26. The lowest BCUT2D eigenvalue weighted by Gasteiger charge is -2.04. The fourth-order valence-corrected chi connectivity index (χ4v) is 2.10. The van der Waals surface area contributed by atoms with Gasteiger partial charge in [0.25, 0.3) is 0 Å². The second-order valence-electron chi connectivity index (χ2n) is 4.68. The van der Waals surface area contributed by atoms with Gasteiger partial charge in [-0.2, -0.15) is 10.2 Å². The van der Waals surface area contributed by atoms with Gasteiger partial charge in [-0.25, -0.2) is 0 Å². The molecule has 5 nitrogen and oxygen atoms in total. The Kier molecular flexibility index (Phi) is 3.81. The van der Waals surface area contributed by atoms with Crippen molar-refractivity contribution in [2.24, 2.45) is 14.1 Å². The zero-order valence-electron chi connectivity index (χ0n) is 11.6. The Balaban J connectivity index is 1.82. The fourth-order valence-electron chi connectivity index (χ4n) is 2.10. The minimum Gasteiger partial charge on any atom is -0.312 e. The number of aryl methyl sites for hydroxylation is 3. The second-order valence-corrected chi connectivity index (χ2v) is 4.68. The van der Waals surface area contributed by atoms with Crippen LogP contribution >= 0.6 is 0 Å². The first-order valence-electron chi connectivity index (χ1n) is 6.26. The minimum absolute atomic E-state index is 0.873.